The summed E-state index contributed by atoms with van der Waals surface area (Å²) >= 11 is 0. The van der Waals surface area contributed by atoms with Crippen molar-refractivity contribution in [3.05, 3.63) is 28.3 Å². The highest BCUT2D eigenvalue weighted by molar-refractivity contribution is 5.63. The lowest BCUT2D eigenvalue weighted by atomic mass is 10.2. The van der Waals surface area contributed by atoms with Crippen LogP contribution in [0.25, 0.3) is 0 Å². The van der Waals surface area contributed by atoms with Gasteiger partial charge in [0.15, 0.2) is 0 Å². The van der Waals surface area contributed by atoms with Gasteiger partial charge in [0.25, 0.3) is 5.69 Å². The maximum atomic E-state index is 11.1. The van der Waals surface area contributed by atoms with Crippen molar-refractivity contribution in [2.75, 3.05) is 32.6 Å². The second-order valence-electron chi connectivity index (χ2n) is 5.49. The van der Waals surface area contributed by atoms with Gasteiger partial charge in [-0.05, 0) is 32.0 Å². The molecule has 6 nitrogen and oxygen atoms in total. The van der Waals surface area contributed by atoms with Crippen LogP contribution in [0.15, 0.2) is 18.2 Å². The summed E-state index contributed by atoms with van der Waals surface area (Å²) in [7, 11) is 3.63. The Morgan fingerprint density at radius 3 is 2.76 bits per heavy atom. The van der Waals surface area contributed by atoms with Crippen LogP contribution >= 0.6 is 0 Å². The highest BCUT2D eigenvalue weighted by Crippen LogP contribution is 2.29. The van der Waals surface area contributed by atoms with Gasteiger partial charge in [-0.1, -0.05) is 12.8 Å². The van der Waals surface area contributed by atoms with Gasteiger partial charge in [0.05, 0.1) is 18.1 Å². The van der Waals surface area contributed by atoms with Crippen molar-refractivity contribution < 1.29 is 9.66 Å². The molecule has 0 saturated heterocycles. The third kappa shape index (κ3) is 4.07. The minimum absolute atomic E-state index is 0.0536. The van der Waals surface area contributed by atoms with E-state index in [0.717, 1.165) is 6.54 Å². The number of nitro groups is 1. The number of methoxy groups -OCH3 is 1. The first-order chi connectivity index (χ1) is 10.1. The lowest BCUT2D eigenvalue weighted by molar-refractivity contribution is -0.384. The molecule has 1 aliphatic carbocycles. The van der Waals surface area contributed by atoms with Gasteiger partial charge in [-0.3, -0.25) is 10.1 Å². The van der Waals surface area contributed by atoms with Crippen LogP contribution in [-0.4, -0.2) is 43.1 Å². The molecule has 1 aromatic rings. The summed E-state index contributed by atoms with van der Waals surface area (Å²) in [6, 6.07) is 5.55. The molecule has 1 saturated carbocycles. The average Bonchev–Trinajstić information content (AvgIpc) is 3.01. The predicted molar refractivity (Wildman–Crippen MR) is 83.0 cm³/mol. The Hall–Kier alpha value is -1.82. The Bertz CT molecular complexity index is 487. The second kappa shape index (κ2) is 7.26. The van der Waals surface area contributed by atoms with Gasteiger partial charge in [-0.15, -0.1) is 0 Å². The average molecular weight is 293 g/mol. The van der Waals surface area contributed by atoms with Crippen molar-refractivity contribution in [1.29, 1.82) is 0 Å². The number of anilines is 1. The molecular weight excluding hydrogens is 270 g/mol. The zero-order valence-electron chi connectivity index (χ0n) is 12.7. The molecule has 6 heteroatoms. The molecule has 21 heavy (non-hydrogen) atoms. The molecule has 0 spiro atoms. The Labute approximate surface area is 125 Å². The standard InChI is InChI=1S/C15H23N3O3/c1-17(12-5-3-4-6-12)10-9-16-14-8-7-13(21-2)11-15(14)18(19)20/h7-8,11-12,16H,3-6,9-10H2,1-2H3. The number of rotatable bonds is 7. The largest absolute Gasteiger partial charge is 0.496 e. The second-order valence-corrected chi connectivity index (χ2v) is 5.49. The van der Waals surface area contributed by atoms with Crippen molar-refractivity contribution in [1.82, 2.24) is 4.90 Å². The lowest BCUT2D eigenvalue weighted by Gasteiger charge is -2.24. The smallest absolute Gasteiger partial charge is 0.296 e. The highest BCUT2D eigenvalue weighted by Gasteiger charge is 2.19. The van der Waals surface area contributed by atoms with E-state index >= 15 is 0 Å². The van der Waals surface area contributed by atoms with Crippen LogP contribution in [0, 0.1) is 10.1 Å². The molecule has 0 bridgehead atoms. The zero-order valence-corrected chi connectivity index (χ0v) is 12.7. The summed E-state index contributed by atoms with van der Waals surface area (Å²) < 4.78 is 5.03. The van der Waals surface area contributed by atoms with E-state index in [4.69, 9.17) is 4.74 Å². The van der Waals surface area contributed by atoms with Crippen molar-refractivity contribution in [3.8, 4) is 5.75 Å². The van der Waals surface area contributed by atoms with E-state index in [1.165, 1.54) is 38.9 Å². The van der Waals surface area contributed by atoms with Crippen LogP contribution in [0.2, 0.25) is 0 Å². The first-order valence-corrected chi connectivity index (χ1v) is 7.38. The molecule has 2 rings (SSSR count). The third-order valence-corrected chi connectivity index (χ3v) is 4.13. The number of hydrogen-bond acceptors (Lipinski definition) is 5. The van der Waals surface area contributed by atoms with Crippen LogP contribution < -0.4 is 10.1 Å². The summed E-state index contributed by atoms with van der Waals surface area (Å²) in [6.45, 7) is 1.58. The van der Waals surface area contributed by atoms with E-state index in [2.05, 4.69) is 17.3 Å². The molecule has 0 heterocycles. The summed E-state index contributed by atoms with van der Waals surface area (Å²) in [5.41, 5.74) is 0.596. The summed E-state index contributed by atoms with van der Waals surface area (Å²) in [5, 5.41) is 14.3. The number of nitrogens with one attached hydrogen (secondary N) is 1. The predicted octanol–water partition coefficient (Wildman–Crippen LogP) is 2.89. The molecule has 1 aromatic carbocycles. The molecule has 0 unspecified atom stereocenters. The number of ether oxygens (including phenoxy) is 1. The number of likely N-dealkylation sites (N-methyl/N-ethyl adjacent to an activating group) is 1. The highest BCUT2D eigenvalue weighted by atomic mass is 16.6. The van der Waals surface area contributed by atoms with Crippen LogP contribution in [0.5, 0.6) is 5.75 Å². The molecule has 0 amide bonds. The molecular formula is C15H23N3O3. The molecule has 0 aliphatic heterocycles. The molecule has 0 atom stereocenters. The number of nitrogens with zero attached hydrogens (tertiary/aromatic N) is 2. The van der Waals surface area contributed by atoms with E-state index in [-0.39, 0.29) is 10.6 Å². The van der Waals surface area contributed by atoms with Crippen molar-refractivity contribution in [3.63, 3.8) is 0 Å². The number of benzene rings is 1. The number of nitro benzene ring substituents is 1. The van der Waals surface area contributed by atoms with Crippen molar-refractivity contribution >= 4 is 11.4 Å². The fourth-order valence-electron chi connectivity index (χ4n) is 2.83. The molecule has 1 N–H and O–H groups in total. The van der Waals surface area contributed by atoms with Gasteiger partial charge in [0, 0.05) is 19.1 Å². The van der Waals surface area contributed by atoms with Crippen LogP contribution in [0.4, 0.5) is 11.4 Å². The molecule has 0 aromatic heterocycles. The first kappa shape index (κ1) is 15.6. The normalized spacial score (nSPS) is 15.4. The fourth-order valence-corrected chi connectivity index (χ4v) is 2.83. The molecule has 0 radical (unpaired) electrons. The van der Waals surface area contributed by atoms with Crippen LogP contribution in [0.1, 0.15) is 25.7 Å². The van der Waals surface area contributed by atoms with E-state index < -0.39 is 0 Å². The van der Waals surface area contributed by atoms with Crippen molar-refractivity contribution in [2.24, 2.45) is 0 Å². The molecule has 1 aliphatic rings. The van der Waals surface area contributed by atoms with Gasteiger partial charge in [-0.2, -0.15) is 0 Å². The van der Waals surface area contributed by atoms with Gasteiger partial charge in [0.1, 0.15) is 11.4 Å². The Morgan fingerprint density at radius 1 is 1.43 bits per heavy atom. The van der Waals surface area contributed by atoms with E-state index in [9.17, 15) is 10.1 Å². The third-order valence-electron chi connectivity index (χ3n) is 4.13. The van der Waals surface area contributed by atoms with Crippen LogP contribution in [0.3, 0.4) is 0 Å². The van der Waals surface area contributed by atoms with Gasteiger partial charge in [-0.25, -0.2) is 0 Å². The maximum absolute atomic E-state index is 11.1. The minimum Gasteiger partial charge on any atom is -0.496 e. The van der Waals surface area contributed by atoms with E-state index in [1.54, 1.807) is 12.1 Å². The first-order valence-electron chi connectivity index (χ1n) is 7.38. The quantitative estimate of drug-likeness (QED) is 0.618. The summed E-state index contributed by atoms with van der Waals surface area (Å²) in [5.74, 6) is 0.496. The molecule has 1 fully saturated rings. The summed E-state index contributed by atoms with van der Waals surface area (Å²) in [6.07, 6.45) is 5.15. The fraction of sp³-hybridized carbons (Fsp3) is 0.600. The Kier molecular flexibility index (Phi) is 5.38. The van der Waals surface area contributed by atoms with Gasteiger partial charge >= 0.3 is 0 Å². The van der Waals surface area contributed by atoms with E-state index in [0.29, 0.717) is 24.0 Å². The molecule has 116 valence electrons. The van der Waals surface area contributed by atoms with Gasteiger partial charge in [0.2, 0.25) is 0 Å². The summed E-state index contributed by atoms with van der Waals surface area (Å²) in [4.78, 5) is 13.1. The Balaban J connectivity index is 1.91. The SMILES string of the molecule is COc1ccc(NCCN(C)C2CCCC2)c([N+](=O)[O-])c1. The maximum Gasteiger partial charge on any atom is 0.296 e. The number of hydrogen-bond donors (Lipinski definition) is 1. The minimum atomic E-state index is -0.383. The lowest BCUT2D eigenvalue weighted by Crippen LogP contribution is -2.33. The van der Waals surface area contributed by atoms with Crippen molar-refractivity contribution in [2.45, 2.75) is 31.7 Å². The van der Waals surface area contributed by atoms with Crippen LogP contribution in [-0.2, 0) is 0 Å². The Morgan fingerprint density at radius 2 is 2.14 bits per heavy atom. The van der Waals surface area contributed by atoms with E-state index in [1.807, 2.05) is 0 Å². The zero-order chi connectivity index (χ0) is 15.2. The van der Waals surface area contributed by atoms with Gasteiger partial charge < -0.3 is 15.0 Å². The monoisotopic (exact) mass is 293 g/mol. The topological polar surface area (TPSA) is 67.6 Å².